The lowest BCUT2D eigenvalue weighted by Crippen LogP contribution is -2.32. The fourth-order valence-electron chi connectivity index (χ4n) is 3.51. The molecule has 6 nitrogen and oxygen atoms in total. The molecule has 3 rings (SSSR count). The monoisotopic (exact) mass is 416 g/mol. The zero-order chi connectivity index (χ0) is 21.0. The summed E-state index contributed by atoms with van der Waals surface area (Å²) in [5.41, 5.74) is 2.15. The summed E-state index contributed by atoms with van der Waals surface area (Å²) in [6, 6.07) is 12.2. The highest BCUT2D eigenvalue weighted by molar-refractivity contribution is 7.89. The molecule has 0 radical (unpaired) electrons. The number of nitrogens with zero attached hydrogens (tertiary/aromatic N) is 2. The van der Waals surface area contributed by atoms with Gasteiger partial charge in [0.1, 0.15) is 10.6 Å². The van der Waals surface area contributed by atoms with Gasteiger partial charge in [-0.2, -0.15) is 4.31 Å². The number of anilines is 1. The molecule has 0 saturated carbocycles. The molecule has 0 unspecified atom stereocenters. The number of carbonyl (C=O) groups excluding carboxylic acids is 1. The highest BCUT2D eigenvalue weighted by Crippen LogP contribution is 2.30. The van der Waals surface area contributed by atoms with Gasteiger partial charge in [-0.15, -0.1) is 0 Å². The molecule has 29 heavy (non-hydrogen) atoms. The molecule has 0 aliphatic carbocycles. The van der Waals surface area contributed by atoms with E-state index in [1.807, 2.05) is 31.2 Å². The Morgan fingerprint density at radius 1 is 1.00 bits per heavy atom. The van der Waals surface area contributed by atoms with Gasteiger partial charge in [-0.25, -0.2) is 8.42 Å². The van der Waals surface area contributed by atoms with E-state index in [1.165, 1.54) is 22.4 Å². The van der Waals surface area contributed by atoms with Crippen LogP contribution in [0.5, 0.6) is 5.75 Å². The fourth-order valence-corrected chi connectivity index (χ4v) is 5.21. The van der Waals surface area contributed by atoms with Crippen molar-refractivity contribution >= 4 is 21.6 Å². The van der Waals surface area contributed by atoms with Gasteiger partial charge in [-0.05, 0) is 50.1 Å². The number of amides is 1. The van der Waals surface area contributed by atoms with Crippen molar-refractivity contribution in [2.24, 2.45) is 0 Å². The number of ether oxygens (including phenoxy) is 1. The first kappa shape index (κ1) is 21.3. The van der Waals surface area contributed by atoms with Crippen molar-refractivity contribution in [2.75, 3.05) is 32.1 Å². The van der Waals surface area contributed by atoms with Gasteiger partial charge in [-0.3, -0.25) is 4.79 Å². The summed E-state index contributed by atoms with van der Waals surface area (Å²) in [5.74, 6) is -0.0207. The van der Waals surface area contributed by atoms with Crippen LogP contribution in [0.15, 0.2) is 47.4 Å². The van der Waals surface area contributed by atoms with Crippen LogP contribution >= 0.6 is 0 Å². The SMILES string of the molecule is COc1ccc(C(=O)N(C)c2ccc(C)cc2)cc1S(=O)(=O)N1CCCCCC1. The standard InChI is InChI=1S/C22H28N2O4S/c1-17-8-11-19(12-9-17)23(2)22(25)18-10-13-20(28-3)21(16-18)29(26,27)24-14-6-4-5-7-15-24/h8-13,16H,4-7,14-15H2,1-3H3. The summed E-state index contributed by atoms with van der Waals surface area (Å²) in [6.07, 6.45) is 3.75. The molecular formula is C22H28N2O4S. The Hall–Kier alpha value is -2.38. The van der Waals surface area contributed by atoms with E-state index in [-0.39, 0.29) is 16.6 Å². The van der Waals surface area contributed by atoms with E-state index in [4.69, 9.17) is 4.74 Å². The lowest BCUT2D eigenvalue weighted by molar-refractivity contribution is 0.0992. The highest BCUT2D eigenvalue weighted by atomic mass is 32.2. The van der Waals surface area contributed by atoms with Gasteiger partial charge in [-0.1, -0.05) is 30.5 Å². The van der Waals surface area contributed by atoms with Crippen LogP contribution in [0, 0.1) is 6.92 Å². The van der Waals surface area contributed by atoms with Crippen LogP contribution in [0.2, 0.25) is 0 Å². The number of sulfonamides is 1. The van der Waals surface area contributed by atoms with Gasteiger partial charge in [0.2, 0.25) is 10.0 Å². The second-order valence-electron chi connectivity index (χ2n) is 7.38. The van der Waals surface area contributed by atoms with E-state index in [0.29, 0.717) is 18.7 Å². The van der Waals surface area contributed by atoms with Crippen LogP contribution in [0.4, 0.5) is 5.69 Å². The van der Waals surface area contributed by atoms with E-state index >= 15 is 0 Å². The second kappa shape index (κ2) is 8.97. The first-order chi connectivity index (χ1) is 13.8. The summed E-state index contributed by atoms with van der Waals surface area (Å²) in [6.45, 7) is 2.97. The Morgan fingerprint density at radius 2 is 1.62 bits per heavy atom. The Morgan fingerprint density at radius 3 is 2.21 bits per heavy atom. The molecule has 156 valence electrons. The average molecular weight is 417 g/mol. The van der Waals surface area contributed by atoms with Gasteiger partial charge in [0.05, 0.1) is 7.11 Å². The molecule has 7 heteroatoms. The van der Waals surface area contributed by atoms with Crippen LogP contribution in [0.1, 0.15) is 41.6 Å². The maximum absolute atomic E-state index is 13.3. The zero-order valence-corrected chi connectivity index (χ0v) is 18.0. The number of benzene rings is 2. The number of methoxy groups -OCH3 is 1. The average Bonchev–Trinajstić information content (AvgIpc) is 3.03. The molecule has 1 amide bonds. The normalized spacial score (nSPS) is 15.6. The maximum atomic E-state index is 13.3. The molecule has 2 aromatic carbocycles. The van der Waals surface area contributed by atoms with Crippen LogP contribution in [0.25, 0.3) is 0 Å². The smallest absolute Gasteiger partial charge is 0.258 e. The topological polar surface area (TPSA) is 66.9 Å². The van der Waals surface area contributed by atoms with Crippen LogP contribution in [-0.4, -0.2) is 45.9 Å². The predicted octanol–water partition coefficient (Wildman–Crippen LogP) is 3.84. The number of aryl methyl sites for hydroxylation is 1. The summed E-state index contributed by atoms with van der Waals surface area (Å²) in [7, 11) is -0.621. The van der Waals surface area contributed by atoms with Gasteiger partial charge in [0.25, 0.3) is 5.91 Å². The summed E-state index contributed by atoms with van der Waals surface area (Å²) >= 11 is 0. The number of rotatable bonds is 5. The number of hydrogen-bond donors (Lipinski definition) is 0. The van der Waals surface area contributed by atoms with E-state index in [1.54, 1.807) is 19.2 Å². The third-order valence-corrected chi connectivity index (χ3v) is 7.24. The molecule has 1 aliphatic heterocycles. The van der Waals surface area contributed by atoms with Crippen molar-refractivity contribution in [1.29, 1.82) is 0 Å². The van der Waals surface area contributed by atoms with Crippen LogP contribution in [-0.2, 0) is 10.0 Å². The van der Waals surface area contributed by atoms with Gasteiger partial charge in [0, 0.05) is 31.4 Å². The first-order valence-corrected chi connectivity index (χ1v) is 11.3. The predicted molar refractivity (Wildman–Crippen MR) is 114 cm³/mol. The lowest BCUT2D eigenvalue weighted by Gasteiger charge is -2.22. The molecule has 1 heterocycles. The molecule has 0 aromatic heterocycles. The van der Waals surface area contributed by atoms with E-state index < -0.39 is 10.0 Å². The highest BCUT2D eigenvalue weighted by Gasteiger charge is 2.29. The summed E-state index contributed by atoms with van der Waals surface area (Å²) < 4.78 is 33.4. The third-order valence-electron chi connectivity index (χ3n) is 5.32. The lowest BCUT2D eigenvalue weighted by atomic mass is 10.1. The van der Waals surface area contributed by atoms with Crippen molar-refractivity contribution in [3.8, 4) is 5.75 Å². The minimum atomic E-state index is -3.74. The minimum absolute atomic E-state index is 0.0463. The quantitative estimate of drug-likeness (QED) is 0.743. The molecule has 1 fully saturated rings. The third kappa shape index (κ3) is 4.62. The van der Waals surface area contributed by atoms with Crippen molar-refractivity contribution in [3.05, 3.63) is 53.6 Å². The molecule has 1 aliphatic rings. The molecule has 0 spiro atoms. The van der Waals surface area contributed by atoms with Gasteiger partial charge >= 0.3 is 0 Å². The number of carbonyl (C=O) groups is 1. The van der Waals surface area contributed by atoms with Gasteiger partial charge < -0.3 is 9.64 Å². The maximum Gasteiger partial charge on any atom is 0.258 e. The molecule has 1 saturated heterocycles. The van der Waals surface area contributed by atoms with Crippen molar-refractivity contribution in [2.45, 2.75) is 37.5 Å². The Kier molecular flexibility index (Phi) is 6.59. The fraction of sp³-hybridized carbons (Fsp3) is 0.409. The van der Waals surface area contributed by atoms with E-state index in [0.717, 1.165) is 36.9 Å². The summed E-state index contributed by atoms with van der Waals surface area (Å²) in [5, 5.41) is 0. The molecule has 0 bridgehead atoms. The minimum Gasteiger partial charge on any atom is -0.495 e. The zero-order valence-electron chi connectivity index (χ0n) is 17.2. The van der Waals surface area contributed by atoms with E-state index in [2.05, 4.69) is 0 Å². The molecule has 0 atom stereocenters. The second-order valence-corrected chi connectivity index (χ2v) is 9.29. The van der Waals surface area contributed by atoms with Crippen molar-refractivity contribution < 1.29 is 17.9 Å². The van der Waals surface area contributed by atoms with Crippen LogP contribution in [0.3, 0.4) is 0 Å². The largest absolute Gasteiger partial charge is 0.495 e. The summed E-state index contributed by atoms with van der Waals surface area (Å²) in [4.78, 5) is 14.6. The first-order valence-electron chi connectivity index (χ1n) is 9.87. The Balaban J connectivity index is 1.95. The Labute approximate surface area is 173 Å². The van der Waals surface area contributed by atoms with Gasteiger partial charge in [0.15, 0.2) is 0 Å². The van der Waals surface area contributed by atoms with Crippen molar-refractivity contribution in [1.82, 2.24) is 4.31 Å². The van der Waals surface area contributed by atoms with E-state index in [9.17, 15) is 13.2 Å². The molecule has 2 aromatic rings. The number of hydrogen-bond acceptors (Lipinski definition) is 4. The van der Waals surface area contributed by atoms with Crippen LogP contribution < -0.4 is 9.64 Å². The molecule has 0 N–H and O–H groups in total. The Bertz CT molecular complexity index is 963. The molecular weight excluding hydrogens is 388 g/mol. The van der Waals surface area contributed by atoms with Crippen molar-refractivity contribution in [3.63, 3.8) is 0 Å².